The molecule has 1 N–H and O–H groups in total. The minimum atomic E-state index is 0. The molecule has 0 saturated carbocycles. The minimum absolute atomic E-state index is 0. The summed E-state index contributed by atoms with van der Waals surface area (Å²) in [5.74, 6) is 0.773. The first-order valence-electron chi connectivity index (χ1n) is 11.6. The predicted octanol–water partition coefficient (Wildman–Crippen LogP) is 4.62. The van der Waals surface area contributed by atoms with Gasteiger partial charge in [0.15, 0.2) is 5.43 Å². The Labute approximate surface area is 190 Å². The van der Waals surface area contributed by atoms with Gasteiger partial charge in [-0.25, -0.2) is 4.98 Å². The molecule has 0 spiro atoms. The standard InChI is InChI=1S/C26H30N4O2.H2/c1-19-20(18-29-12-14-32-15-13-29)16-23-24(31)17-25(28-21-8-4-2-5-9-21)30(26(23)27-19)22-10-6-3-7-11-22;/h3-4,6,8-10,16-17,28H,2,5,7,11-15,18H2,1H3;1H. The monoisotopic (exact) mass is 432 g/mol. The Morgan fingerprint density at radius 3 is 2.78 bits per heavy atom. The van der Waals surface area contributed by atoms with Crippen molar-refractivity contribution in [2.45, 2.75) is 39.2 Å². The SMILES string of the molecule is Cc1nc2c(cc1CN1CCOCC1)c(=O)cc(NC1=CCCC=C1)n2C1=CC=CCC1.[HH]. The molecule has 1 saturated heterocycles. The normalized spacial score (nSPS) is 19.2. The number of hydrogen-bond donors (Lipinski definition) is 1. The number of nitrogens with zero attached hydrogens (tertiary/aromatic N) is 3. The third kappa shape index (κ3) is 4.33. The molecule has 0 aromatic carbocycles. The summed E-state index contributed by atoms with van der Waals surface area (Å²) in [6.45, 7) is 6.17. The molecule has 0 radical (unpaired) electrons. The molecule has 1 aliphatic heterocycles. The smallest absolute Gasteiger partial charge is 0.193 e. The van der Waals surface area contributed by atoms with Crippen LogP contribution < -0.4 is 10.7 Å². The fourth-order valence-corrected chi connectivity index (χ4v) is 4.54. The summed E-state index contributed by atoms with van der Waals surface area (Å²) < 4.78 is 7.61. The van der Waals surface area contributed by atoms with Crippen LogP contribution in [0.3, 0.4) is 0 Å². The van der Waals surface area contributed by atoms with Gasteiger partial charge in [-0.05, 0) is 56.4 Å². The largest absolute Gasteiger partial charge is 0.379 e. The molecule has 0 unspecified atom stereocenters. The third-order valence-corrected chi connectivity index (χ3v) is 6.33. The van der Waals surface area contributed by atoms with Crippen molar-refractivity contribution < 1.29 is 6.16 Å². The highest BCUT2D eigenvalue weighted by atomic mass is 16.5. The molecule has 1 fully saturated rings. The molecule has 2 aromatic heterocycles. The van der Waals surface area contributed by atoms with Crippen molar-refractivity contribution in [1.29, 1.82) is 0 Å². The lowest BCUT2D eigenvalue weighted by atomic mass is 10.1. The molecule has 2 aromatic rings. The van der Waals surface area contributed by atoms with Crippen molar-refractivity contribution >= 4 is 22.5 Å². The van der Waals surface area contributed by atoms with Gasteiger partial charge < -0.3 is 10.1 Å². The number of morpholine rings is 1. The van der Waals surface area contributed by atoms with E-state index in [1.807, 2.05) is 6.92 Å². The molecule has 6 heteroatoms. The summed E-state index contributed by atoms with van der Waals surface area (Å²) in [5.41, 5.74) is 4.98. The molecule has 32 heavy (non-hydrogen) atoms. The van der Waals surface area contributed by atoms with E-state index in [2.05, 4.69) is 57.3 Å². The number of aromatic nitrogens is 2. The number of allylic oxidation sites excluding steroid dienone is 7. The van der Waals surface area contributed by atoms with E-state index < -0.39 is 0 Å². The number of hydrogen-bond acceptors (Lipinski definition) is 5. The molecule has 2 aliphatic carbocycles. The Bertz CT molecular complexity index is 1200. The molecular formula is C26H32N4O2. The minimum Gasteiger partial charge on any atom is -0.379 e. The van der Waals surface area contributed by atoms with Crippen molar-refractivity contribution in [3.05, 3.63) is 75.8 Å². The molecule has 0 atom stereocenters. The van der Waals surface area contributed by atoms with E-state index in [0.717, 1.165) is 92.6 Å². The zero-order chi connectivity index (χ0) is 21.9. The summed E-state index contributed by atoms with van der Waals surface area (Å²) in [6.07, 6.45) is 16.8. The van der Waals surface area contributed by atoms with Crippen molar-refractivity contribution in [2.24, 2.45) is 0 Å². The van der Waals surface area contributed by atoms with Gasteiger partial charge in [-0.1, -0.05) is 24.3 Å². The maximum absolute atomic E-state index is 13.2. The van der Waals surface area contributed by atoms with Gasteiger partial charge in [-0.2, -0.15) is 0 Å². The number of anilines is 1. The molecule has 5 rings (SSSR count). The van der Waals surface area contributed by atoms with Gasteiger partial charge in [0.05, 0.1) is 18.6 Å². The fourth-order valence-electron chi connectivity index (χ4n) is 4.54. The Morgan fingerprint density at radius 2 is 2.03 bits per heavy atom. The zero-order valence-corrected chi connectivity index (χ0v) is 18.6. The number of pyridine rings is 2. The van der Waals surface area contributed by atoms with Crippen LogP contribution in [0, 0.1) is 6.92 Å². The summed E-state index contributed by atoms with van der Waals surface area (Å²) in [5, 5.41) is 4.16. The molecule has 3 heterocycles. The average molecular weight is 433 g/mol. The maximum atomic E-state index is 13.2. The molecular weight excluding hydrogens is 400 g/mol. The molecule has 0 amide bonds. The van der Waals surface area contributed by atoms with Crippen LogP contribution in [0.5, 0.6) is 0 Å². The molecule has 6 nitrogen and oxygen atoms in total. The Kier molecular flexibility index (Phi) is 6.06. The molecule has 168 valence electrons. The lowest BCUT2D eigenvalue weighted by Gasteiger charge is -2.27. The van der Waals surface area contributed by atoms with Crippen molar-refractivity contribution in [1.82, 2.24) is 14.5 Å². The number of nitrogens with one attached hydrogen (secondary N) is 1. The second-order valence-electron chi connectivity index (χ2n) is 8.61. The summed E-state index contributed by atoms with van der Waals surface area (Å²) in [7, 11) is 0. The van der Waals surface area contributed by atoms with E-state index in [0.29, 0.717) is 5.39 Å². The average Bonchev–Trinajstić information content (AvgIpc) is 2.82. The van der Waals surface area contributed by atoms with Gasteiger partial charge in [0.1, 0.15) is 11.5 Å². The molecule has 3 aliphatic rings. The first-order chi connectivity index (χ1) is 15.7. The van der Waals surface area contributed by atoms with E-state index in [1.54, 1.807) is 6.07 Å². The van der Waals surface area contributed by atoms with Crippen LogP contribution in [0.25, 0.3) is 16.7 Å². The van der Waals surface area contributed by atoms with Crippen LogP contribution in [-0.4, -0.2) is 40.8 Å². The van der Waals surface area contributed by atoms with E-state index in [9.17, 15) is 4.79 Å². The predicted molar refractivity (Wildman–Crippen MR) is 132 cm³/mol. The quantitative estimate of drug-likeness (QED) is 0.747. The second kappa shape index (κ2) is 9.27. The van der Waals surface area contributed by atoms with E-state index >= 15 is 0 Å². The van der Waals surface area contributed by atoms with Crippen LogP contribution >= 0.6 is 0 Å². The highest BCUT2D eigenvalue weighted by molar-refractivity contribution is 5.83. The number of fused-ring (bicyclic) bond motifs is 1. The van der Waals surface area contributed by atoms with Crippen molar-refractivity contribution in [3.63, 3.8) is 0 Å². The van der Waals surface area contributed by atoms with Crippen molar-refractivity contribution in [2.75, 3.05) is 31.6 Å². The second-order valence-corrected chi connectivity index (χ2v) is 8.61. The van der Waals surface area contributed by atoms with Gasteiger partial charge >= 0.3 is 0 Å². The third-order valence-electron chi connectivity index (χ3n) is 6.33. The van der Waals surface area contributed by atoms with E-state index in [4.69, 9.17) is 9.72 Å². The molecule has 0 bridgehead atoms. The van der Waals surface area contributed by atoms with Crippen LogP contribution in [0.2, 0.25) is 0 Å². The van der Waals surface area contributed by atoms with Gasteiger partial charge in [0.25, 0.3) is 0 Å². The Morgan fingerprint density at radius 1 is 1.16 bits per heavy atom. The first kappa shape index (κ1) is 20.9. The topological polar surface area (TPSA) is 59.4 Å². The Balaban J connectivity index is 0.00000259. The highest BCUT2D eigenvalue weighted by Gasteiger charge is 2.19. The lowest BCUT2D eigenvalue weighted by Crippen LogP contribution is -2.36. The Hall–Kier alpha value is -2.96. The summed E-state index contributed by atoms with van der Waals surface area (Å²) in [6, 6.07) is 3.77. The maximum Gasteiger partial charge on any atom is 0.193 e. The van der Waals surface area contributed by atoms with Crippen LogP contribution in [0.15, 0.2) is 59.1 Å². The van der Waals surface area contributed by atoms with Crippen LogP contribution in [0.4, 0.5) is 5.82 Å². The van der Waals surface area contributed by atoms with Gasteiger partial charge in [-0.3, -0.25) is 14.3 Å². The number of aryl methyl sites for hydroxylation is 1. The van der Waals surface area contributed by atoms with Gasteiger partial charge in [-0.15, -0.1) is 0 Å². The summed E-state index contributed by atoms with van der Waals surface area (Å²) in [4.78, 5) is 20.6. The number of rotatable bonds is 5. The van der Waals surface area contributed by atoms with Crippen LogP contribution in [-0.2, 0) is 11.3 Å². The van der Waals surface area contributed by atoms with Gasteiger partial charge in [0, 0.05) is 44.2 Å². The lowest BCUT2D eigenvalue weighted by molar-refractivity contribution is 0.0341. The highest BCUT2D eigenvalue weighted by Crippen LogP contribution is 2.28. The summed E-state index contributed by atoms with van der Waals surface area (Å²) >= 11 is 0. The fraction of sp³-hybridized carbons (Fsp3) is 0.385. The number of ether oxygens (including phenoxy) is 1. The zero-order valence-electron chi connectivity index (χ0n) is 18.6. The van der Waals surface area contributed by atoms with E-state index in [-0.39, 0.29) is 6.86 Å². The first-order valence-corrected chi connectivity index (χ1v) is 11.6. The van der Waals surface area contributed by atoms with Crippen LogP contribution in [0.1, 0.15) is 38.4 Å². The van der Waals surface area contributed by atoms with Gasteiger partial charge in [0.2, 0.25) is 0 Å². The van der Waals surface area contributed by atoms with E-state index in [1.165, 1.54) is 0 Å². The van der Waals surface area contributed by atoms with Crippen molar-refractivity contribution in [3.8, 4) is 0 Å².